The van der Waals surface area contributed by atoms with Gasteiger partial charge in [0.2, 0.25) is 0 Å². The van der Waals surface area contributed by atoms with Crippen molar-refractivity contribution < 1.29 is 22.8 Å². The molecule has 8 heteroatoms. The summed E-state index contributed by atoms with van der Waals surface area (Å²) in [6.07, 6.45) is -5.67. The molecule has 3 nitrogen and oxygen atoms in total. The molecule has 1 aromatic rings. The molecule has 0 spiro atoms. The third-order valence-electron chi connectivity index (χ3n) is 2.86. The number of benzene rings is 1. The Balaban J connectivity index is 2.27. The van der Waals surface area contributed by atoms with E-state index in [9.17, 15) is 22.8 Å². The zero-order chi connectivity index (χ0) is 15.1. The quantitative estimate of drug-likeness (QED) is 0.791. The highest BCUT2D eigenvalue weighted by Crippen LogP contribution is 2.40. The van der Waals surface area contributed by atoms with Crippen molar-refractivity contribution in [3.05, 3.63) is 27.7 Å². The Morgan fingerprint density at radius 2 is 1.70 bits per heavy atom. The number of nitrogens with zero attached hydrogens (tertiary/aromatic N) is 1. The average Bonchev–Trinajstić information content (AvgIpc) is 2.58. The standard InChI is InChI=1S/C12H8Cl2F3NO2/c13-6-2-3-7(14)9-8(6)10(19)11(20)18(9)5-1-4-12(15,16)17/h2-3H,1,4-5H2. The summed E-state index contributed by atoms with van der Waals surface area (Å²) in [5, 5.41) is 0.164. The van der Waals surface area contributed by atoms with E-state index >= 15 is 0 Å². The van der Waals surface area contributed by atoms with E-state index in [4.69, 9.17) is 23.2 Å². The highest BCUT2D eigenvalue weighted by Gasteiger charge is 2.39. The van der Waals surface area contributed by atoms with Gasteiger partial charge < -0.3 is 4.90 Å². The number of halogens is 5. The second kappa shape index (κ2) is 5.26. The molecule has 0 saturated carbocycles. The molecule has 0 saturated heterocycles. The molecule has 108 valence electrons. The molecule has 0 radical (unpaired) electrons. The van der Waals surface area contributed by atoms with Gasteiger partial charge in [-0.25, -0.2) is 0 Å². The number of amides is 1. The largest absolute Gasteiger partial charge is 0.389 e. The first-order valence-electron chi connectivity index (χ1n) is 5.63. The highest BCUT2D eigenvalue weighted by atomic mass is 35.5. The number of alkyl halides is 3. The van der Waals surface area contributed by atoms with Gasteiger partial charge in [0.05, 0.1) is 21.3 Å². The molecule has 0 fully saturated rings. The SMILES string of the molecule is O=C1C(=O)N(CCCC(F)(F)F)c2c(Cl)ccc(Cl)c21. The third kappa shape index (κ3) is 2.76. The molecule has 0 aliphatic carbocycles. The average molecular weight is 326 g/mol. The maximum absolute atomic E-state index is 12.1. The van der Waals surface area contributed by atoms with Gasteiger partial charge in [-0.1, -0.05) is 23.2 Å². The number of Topliss-reactive ketones (excluding diaryl/α,β-unsaturated/α-hetero) is 1. The van der Waals surface area contributed by atoms with Crippen molar-refractivity contribution in [1.82, 2.24) is 0 Å². The van der Waals surface area contributed by atoms with Gasteiger partial charge in [-0.05, 0) is 18.6 Å². The molecule has 0 N–H and O–H groups in total. The fourth-order valence-electron chi connectivity index (χ4n) is 2.00. The normalized spacial score (nSPS) is 14.9. The van der Waals surface area contributed by atoms with Crippen LogP contribution in [0.15, 0.2) is 12.1 Å². The van der Waals surface area contributed by atoms with Crippen LogP contribution in [0, 0.1) is 0 Å². The number of hydrogen-bond donors (Lipinski definition) is 0. The first kappa shape index (κ1) is 15.1. The maximum atomic E-state index is 12.1. The molecule has 1 heterocycles. The van der Waals surface area contributed by atoms with Crippen molar-refractivity contribution in [3.63, 3.8) is 0 Å². The molecule has 1 aliphatic heterocycles. The lowest BCUT2D eigenvalue weighted by Gasteiger charge is -2.18. The molecule has 1 amide bonds. The minimum absolute atomic E-state index is 0.0452. The number of hydrogen-bond acceptors (Lipinski definition) is 2. The number of anilines is 1. The lowest BCUT2D eigenvalue weighted by Crippen LogP contribution is -2.31. The van der Waals surface area contributed by atoms with Crippen LogP contribution in [0.3, 0.4) is 0 Å². The first-order valence-corrected chi connectivity index (χ1v) is 6.39. The van der Waals surface area contributed by atoms with E-state index in [1.165, 1.54) is 12.1 Å². The fourth-order valence-corrected chi connectivity index (χ4v) is 2.50. The Bertz CT molecular complexity index is 587. The molecule has 0 aromatic heterocycles. The van der Waals surface area contributed by atoms with Crippen molar-refractivity contribution >= 4 is 40.6 Å². The summed E-state index contributed by atoms with van der Waals surface area (Å²) in [7, 11) is 0. The van der Waals surface area contributed by atoms with E-state index in [0.29, 0.717) is 0 Å². The van der Waals surface area contributed by atoms with E-state index in [1.807, 2.05) is 0 Å². The van der Waals surface area contributed by atoms with Gasteiger partial charge in [0.15, 0.2) is 0 Å². The number of rotatable bonds is 3. The molecule has 1 aliphatic rings. The highest BCUT2D eigenvalue weighted by molar-refractivity contribution is 6.56. The Kier molecular flexibility index (Phi) is 3.97. The van der Waals surface area contributed by atoms with Crippen molar-refractivity contribution in [3.8, 4) is 0 Å². The smallest absolute Gasteiger partial charge is 0.303 e. The lowest BCUT2D eigenvalue weighted by atomic mass is 10.1. The van der Waals surface area contributed by atoms with Crippen LogP contribution < -0.4 is 4.90 Å². The molecule has 2 rings (SSSR count). The fraction of sp³-hybridized carbons (Fsp3) is 0.333. The summed E-state index contributed by atoms with van der Waals surface area (Å²) < 4.78 is 36.4. The van der Waals surface area contributed by atoms with Crippen molar-refractivity contribution in [2.45, 2.75) is 19.0 Å². The number of ketones is 1. The van der Waals surface area contributed by atoms with Gasteiger partial charge in [0.1, 0.15) is 0 Å². The predicted octanol–water partition coefficient (Wildman–Crippen LogP) is 3.87. The Hall–Kier alpha value is -1.27. The van der Waals surface area contributed by atoms with Crippen LogP contribution >= 0.6 is 23.2 Å². The Labute approximate surface area is 122 Å². The number of carbonyl (C=O) groups excluding carboxylic acids is 2. The molecule has 0 bridgehead atoms. The van der Waals surface area contributed by atoms with E-state index in [-0.39, 0.29) is 34.3 Å². The van der Waals surface area contributed by atoms with Crippen LogP contribution in [0.4, 0.5) is 18.9 Å². The summed E-state index contributed by atoms with van der Waals surface area (Å²) in [5.41, 5.74) is 0.0486. The summed E-state index contributed by atoms with van der Waals surface area (Å²) in [5.74, 6) is -1.75. The van der Waals surface area contributed by atoms with E-state index in [2.05, 4.69) is 0 Å². The Morgan fingerprint density at radius 1 is 1.10 bits per heavy atom. The minimum atomic E-state index is -4.31. The number of fused-ring (bicyclic) bond motifs is 1. The van der Waals surface area contributed by atoms with Gasteiger partial charge in [-0.3, -0.25) is 9.59 Å². The summed E-state index contributed by atoms with van der Waals surface area (Å²) in [6.45, 7) is -0.239. The van der Waals surface area contributed by atoms with Crippen molar-refractivity contribution in [2.75, 3.05) is 11.4 Å². The molecular formula is C12H8Cl2F3NO2. The summed E-state index contributed by atoms with van der Waals surface area (Å²) in [6, 6.07) is 2.76. The monoisotopic (exact) mass is 325 g/mol. The predicted molar refractivity (Wildman–Crippen MR) is 68.4 cm³/mol. The van der Waals surface area contributed by atoms with E-state index < -0.39 is 24.3 Å². The zero-order valence-corrected chi connectivity index (χ0v) is 11.4. The lowest BCUT2D eigenvalue weighted by molar-refractivity contribution is -0.135. The second-order valence-corrected chi connectivity index (χ2v) is 5.07. The van der Waals surface area contributed by atoms with Crippen molar-refractivity contribution in [1.29, 1.82) is 0 Å². The van der Waals surface area contributed by atoms with E-state index in [1.54, 1.807) is 0 Å². The molecule has 20 heavy (non-hydrogen) atoms. The minimum Gasteiger partial charge on any atom is -0.303 e. The number of carbonyl (C=O) groups is 2. The van der Waals surface area contributed by atoms with Crippen LogP contribution in [0.1, 0.15) is 23.2 Å². The van der Waals surface area contributed by atoms with E-state index in [0.717, 1.165) is 4.90 Å². The maximum Gasteiger partial charge on any atom is 0.389 e. The molecule has 1 aromatic carbocycles. The molecular weight excluding hydrogens is 318 g/mol. The van der Waals surface area contributed by atoms with Crippen LogP contribution in [0.25, 0.3) is 0 Å². The van der Waals surface area contributed by atoms with Gasteiger partial charge in [0, 0.05) is 13.0 Å². The second-order valence-electron chi connectivity index (χ2n) is 4.26. The van der Waals surface area contributed by atoms with Crippen LogP contribution in [-0.4, -0.2) is 24.4 Å². The topological polar surface area (TPSA) is 37.4 Å². The zero-order valence-electron chi connectivity index (χ0n) is 9.93. The van der Waals surface area contributed by atoms with Crippen LogP contribution in [-0.2, 0) is 4.79 Å². The van der Waals surface area contributed by atoms with Crippen LogP contribution in [0.2, 0.25) is 10.0 Å². The van der Waals surface area contributed by atoms with Gasteiger partial charge in [-0.2, -0.15) is 13.2 Å². The third-order valence-corrected chi connectivity index (χ3v) is 3.48. The first-order chi connectivity index (χ1) is 9.22. The molecule has 0 atom stereocenters. The van der Waals surface area contributed by atoms with Crippen LogP contribution in [0.5, 0.6) is 0 Å². The van der Waals surface area contributed by atoms with Gasteiger partial charge in [0.25, 0.3) is 11.7 Å². The summed E-state index contributed by atoms with van der Waals surface area (Å²) >= 11 is 11.7. The van der Waals surface area contributed by atoms with Gasteiger partial charge >= 0.3 is 6.18 Å². The summed E-state index contributed by atoms with van der Waals surface area (Å²) in [4.78, 5) is 24.5. The van der Waals surface area contributed by atoms with Crippen molar-refractivity contribution in [2.24, 2.45) is 0 Å². The Morgan fingerprint density at radius 3 is 2.30 bits per heavy atom. The van der Waals surface area contributed by atoms with Gasteiger partial charge in [-0.15, -0.1) is 0 Å². The molecule has 0 unspecified atom stereocenters.